The van der Waals surface area contributed by atoms with Crippen LogP contribution in [-0.2, 0) is 0 Å². The van der Waals surface area contributed by atoms with Crippen molar-refractivity contribution >= 4 is 46.0 Å². The molecule has 3 heterocycles. The van der Waals surface area contributed by atoms with E-state index in [9.17, 15) is 4.79 Å². The summed E-state index contributed by atoms with van der Waals surface area (Å²) >= 11 is 4.62. The Morgan fingerprint density at radius 1 is 1.24 bits per heavy atom. The molecule has 0 spiro atoms. The Balaban J connectivity index is 1.58. The standard InChI is InChI=1S/C17H14N2O3S3/c1-23-15-7-14-13(21-3-4-22-14)6-11(15)18-16(20)12-9-25-17(19-12)10-2-5-24-8-10/h2,5-9H,3-4H2,1H3,(H,18,20). The lowest BCUT2D eigenvalue weighted by atomic mass is 10.2. The SMILES string of the molecule is CSc1cc2c(cc1NC(=O)c1csc(-c3ccsc3)n1)OCCO2. The number of rotatable bonds is 4. The molecule has 0 radical (unpaired) electrons. The smallest absolute Gasteiger partial charge is 0.275 e. The van der Waals surface area contributed by atoms with Gasteiger partial charge in [0, 0.05) is 27.3 Å². The number of thioether (sulfide) groups is 1. The van der Waals surface area contributed by atoms with E-state index in [0.717, 1.165) is 15.5 Å². The van der Waals surface area contributed by atoms with Gasteiger partial charge in [0.25, 0.3) is 5.91 Å². The highest BCUT2D eigenvalue weighted by Crippen LogP contribution is 2.39. The highest BCUT2D eigenvalue weighted by Gasteiger charge is 2.19. The molecule has 0 unspecified atom stereocenters. The molecule has 128 valence electrons. The Morgan fingerprint density at radius 3 is 2.76 bits per heavy atom. The van der Waals surface area contributed by atoms with E-state index >= 15 is 0 Å². The molecule has 5 nitrogen and oxygen atoms in total. The van der Waals surface area contributed by atoms with Crippen LogP contribution in [0.15, 0.2) is 39.2 Å². The third-order valence-electron chi connectivity index (χ3n) is 3.62. The van der Waals surface area contributed by atoms with Crippen molar-refractivity contribution in [3.63, 3.8) is 0 Å². The van der Waals surface area contributed by atoms with Crippen molar-refractivity contribution < 1.29 is 14.3 Å². The number of nitrogens with zero attached hydrogens (tertiary/aromatic N) is 1. The average Bonchev–Trinajstić information content (AvgIpc) is 3.32. The maximum absolute atomic E-state index is 12.6. The zero-order chi connectivity index (χ0) is 17.2. The van der Waals surface area contributed by atoms with Crippen LogP contribution in [0.5, 0.6) is 11.5 Å². The predicted octanol–water partition coefficient (Wildman–Crippen LogP) is 4.62. The summed E-state index contributed by atoms with van der Waals surface area (Å²) in [7, 11) is 0. The highest BCUT2D eigenvalue weighted by atomic mass is 32.2. The first-order chi connectivity index (χ1) is 12.2. The van der Waals surface area contributed by atoms with Gasteiger partial charge in [-0.15, -0.1) is 23.1 Å². The van der Waals surface area contributed by atoms with E-state index in [1.54, 1.807) is 28.5 Å². The van der Waals surface area contributed by atoms with E-state index in [4.69, 9.17) is 9.47 Å². The largest absolute Gasteiger partial charge is 0.486 e. The molecule has 0 atom stereocenters. The molecular formula is C17H14N2O3S3. The molecule has 1 amide bonds. The summed E-state index contributed by atoms with van der Waals surface area (Å²) in [5.41, 5.74) is 2.15. The minimum atomic E-state index is -0.232. The Kier molecular flexibility index (Phi) is 4.65. The molecule has 1 N–H and O–H groups in total. The Morgan fingerprint density at radius 2 is 2.04 bits per heavy atom. The van der Waals surface area contributed by atoms with Gasteiger partial charge in [-0.2, -0.15) is 11.3 Å². The minimum Gasteiger partial charge on any atom is -0.486 e. The second-order valence-electron chi connectivity index (χ2n) is 5.20. The van der Waals surface area contributed by atoms with Crippen LogP contribution in [0.3, 0.4) is 0 Å². The summed E-state index contributed by atoms with van der Waals surface area (Å²) in [6.45, 7) is 1.05. The molecule has 8 heteroatoms. The second kappa shape index (κ2) is 7.07. The first kappa shape index (κ1) is 16.4. The molecular weight excluding hydrogens is 376 g/mol. The predicted molar refractivity (Wildman–Crippen MR) is 103 cm³/mol. The maximum Gasteiger partial charge on any atom is 0.275 e. The normalized spacial score (nSPS) is 12.8. The first-order valence-corrected chi connectivity index (χ1v) is 10.6. The van der Waals surface area contributed by atoms with Crippen molar-refractivity contribution in [3.8, 4) is 22.1 Å². The van der Waals surface area contributed by atoms with E-state index in [-0.39, 0.29) is 5.91 Å². The van der Waals surface area contributed by atoms with E-state index in [2.05, 4.69) is 10.3 Å². The third-order valence-corrected chi connectivity index (χ3v) is 5.97. The molecule has 1 aliphatic rings. The lowest BCUT2D eigenvalue weighted by molar-refractivity contribution is 0.102. The molecule has 0 fully saturated rings. The zero-order valence-corrected chi connectivity index (χ0v) is 15.7. The number of carbonyl (C=O) groups excluding carboxylic acids is 1. The van der Waals surface area contributed by atoms with Crippen LogP contribution in [0.1, 0.15) is 10.5 Å². The number of hydrogen-bond acceptors (Lipinski definition) is 7. The van der Waals surface area contributed by atoms with Crippen LogP contribution in [0.25, 0.3) is 10.6 Å². The molecule has 0 aliphatic carbocycles. The molecule has 1 aliphatic heterocycles. The lowest BCUT2D eigenvalue weighted by Crippen LogP contribution is -2.17. The van der Waals surface area contributed by atoms with Gasteiger partial charge in [-0.05, 0) is 23.8 Å². The molecule has 0 bridgehead atoms. The van der Waals surface area contributed by atoms with Crippen molar-refractivity contribution in [2.75, 3.05) is 24.8 Å². The number of thiazole rings is 1. The zero-order valence-electron chi connectivity index (χ0n) is 13.3. The van der Waals surface area contributed by atoms with E-state index in [0.29, 0.717) is 36.1 Å². The summed E-state index contributed by atoms with van der Waals surface area (Å²) in [6, 6.07) is 5.70. The number of hydrogen-bond donors (Lipinski definition) is 1. The van der Waals surface area contributed by atoms with Gasteiger partial charge in [-0.25, -0.2) is 4.98 Å². The first-order valence-electron chi connectivity index (χ1n) is 7.51. The fraction of sp³-hybridized carbons (Fsp3) is 0.176. The number of nitrogens with one attached hydrogen (secondary N) is 1. The lowest BCUT2D eigenvalue weighted by Gasteiger charge is -2.20. The van der Waals surface area contributed by atoms with Gasteiger partial charge in [-0.3, -0.25) is 4.79 Å². The van der Waals surface area contributed by atoms with Gasteiger partial charge >= 0.3 is 0 Å². The number of fused-ring (bicyclic) bond motifs is 1. The fourth-order valence-corrected chi connectivity index (χ4v) is 4.49. The summed E-state index contributed by atoms with van der Waals surface area (Å²) in [5, 5.41) is 9.58. The fourth-order valence-electron chi connectivity index (χ4n) is 2.42. The van der Waals surface area contributed by atoms with Gasteiger partial charge in [-0.1, -0.05) is 0 Å². The molecule has 2 aromatic heterocycles. The summed E-state index contributed by atoms with van der Waals surface area (Å²) in [5.74, 6) is 1.13. The molecule has 3 aromatic rings. The van der Waals surface area contributed by atoms with E-state index < -0.39 is 0 Å². The average molecular weight is 391 g/mol. The number of aromatic nitrogens is 1. The second-order valence-corrected chi connectivity index (χ2v) is 7.69. The monoisotopic (exact) mass is 390 g/mol. The van der Waals surface area contributed by atoms with Crippen molar-refractivity contribution in [3.05, 3.63) is 40.0 Å². The minimum absolute atomic E-state index is 0.232. The number of thiophene rings is 1. The number of carbonyl (C=O) groups is 1. The van der Waals surface area contributed by atoms with Crippen LogP contribution < -0.4 is 14.8 Å². The number of ether oxygens (including phenoxy) is 2. The Labute approximate surface area is 157 Å². The number of benzene rings is 1. The highest BCUT2D eigenvalue weighted by molar-refractivity contribution is 7.98. The van der Waals surface area contributed by atoms with Gasteiger partial charge in [0.2, 0.25) is 0 Å². The molecule has 0 saturated heterocycles. The van der Waals surface area contributed by atoms with Crippen molar-refractivity contribution in [1.29, 1.82) is 0 Å². The number of anilines is 1. The van der Waals surface area contributed by atoms with Crippen LogP contribution in [0.2, 0.25) is 0 Å². The summed E-state index contributed by atoms with van der Waals surface area (Å²) < 4.78 is 11.2. The van der Waals surface area contributed by atoms with Crippen molar-refractivity contribution in [2.45, 2.75) is 4.90 Å². The third kappa shape index (κ3) is 3.37. The van der Waals surface area contributed by atoms with E-state index in [1.807, 2.05) is 35.2 Å². The van der Waals surface area contributed by atoms with Crippen LogP contribution in [-0.4, -0.2) is 30.4 Å². The van der Waals surface area contributed by atoms with Gasteiger partial charge in [0.15, 0.2) is 11.5 Å². The summed E-state index contributed by atoms with van der Waals surface area (Å²) in [4.78, 5) is 18.0. The van der Waals surface area contributed by atoms with Crippen LogP contribution in [0.4, 0.5) is 5.69 Å². The molecule has 1 aromatic carbocycles. The molecule has 0 saturated carbocycles. The maximum atomic E-state index is 12.6. The Bertz CT molecular complexity index is 906. The van der Waals surface area contributed by atoms with Gasteiger partial charge in [0.05, 0.1) is 5.69 Å². The van der Waals surface area contributed by atoms with Crippen molar-refractivity contribution in [1.82, 2.24) is 4.98 Å². The molecule has 25 heavy (non-hydrogen) atoms. The summed E-state index contributed by atoms with van der Waals surface area (Å²) in [6.07, 6.45) is 1.96. The number of amides is 1. The van der Waals surface area contributed by atoms with Crippen LogP contribution in [0, 0.1) is 0 Å². The van der Waals surface area contributed by atoms with Gasteiger partial charge in [0.1, 0.15) is 23.9 Å². The van der Waals surface area contributed by atoms with Gasteiger partial charge < -0.3 is 14.8 Å². The van der Waals surface area contributed by atoms with E-state index in [1.165, 1.54) is 11.3 Å². The Hall–Kier alpha value is -2.03. The van der Waals surface area contributed by atoms with Crippen LogP contribution >= 0.6 is 34.4 Å². The topological polar surface area (TPSA) is 60.5 Å². The molecule has 4 rings (SSSR count). The van der Waals surface area contributed by atoms with Crippen molar-refractivity contribution in [2.24, 2.45) is 0 Å². The quantitative estimate of drug-likeness (QED) is 0.659.